The first kappa shape index (κ1) is 19.9. The Kier molecular flexibility index (Phi) is 5.47. The van der Waals surface area contributed by atoms with Gasteiger partial charge in [-0.2, -0.15) is 5.26 Å². The summed E-state index contributed by atoms with van der Waals surface area (Å²) >= 11 is 0.855. The molecule has 0 radical (unpaired) electrons. The molecule has 3 rings (SSSR count). The maximum Gasteiger partial charge on any atom is 0.341 e. The number of hydrogen-bond acceptors (Lipinski definition) is 6. The summed E-state index contributed by atoms with van der Waals surface area (Å²) < 4.78 is 4.73. The van der Waals surface area contributed by atoms with Gasteiger partial charge in [-0.15, -0.1) is 11.3 Å². The van der Waals surface area contributed by atoms with Gasteiger partial charge in [-0.05, 0) is 24.6 Å². The number of thiophene rings is 1. The van der Waals surface area contributed by atoms with E-state index in [9.17, 15) is 19.6 Å². The van der Waals surface area contributed by atoms with Gasteiger partial charge in [-0.3, -0.25) is 9.59 Å². The molecule has 0 atom stereocenters. The first-order chi connectivity index (χ1) is 13.9. The van der Waals surface area contributed by atoms with Crippen molar-refractivity contribution in [2.45, 2.75) is 6.92 Å². The number of carbonyl (C=O) groups is 3. The summed E-state index contributed by atoms with van der Waals surface area (Å²) in [6.45, 7) is 1.53. The molecule has 2 amide bonds. The Hall–Kier alpha value is -3.90. The standard InChI is InChI=1S/C20H16N4O4S/c1-10-15(20(27)28-2)19(29-16(10)17(22)25)24-18(26)11(8-21)7-12-9-23-14-6-4-3-5-13(12)14/h3-7,9,23H,1-2H3,(H2,22,25)(H,24,26)/b11-7+. The fourth-order valence-electron chi connectivity index (χ4n) is 2.87. The van der Waals surface area contributed by atoms with Crippen LogP contribution in [0.15, 0.2) is 36.0 Å². The highest BCUT2D eigenvalue weighted by atomic mass is 32.1. The normalized spacial score (nSPS) is 11.1. The van der Waals surface area contributed by atoms with Crippen molar-refractivity contribution in [2.75, 3.05) is 12.4 Å². The number of methoxy groups -OCH3 is 1. The highest BCUT2D eigenvalue weighted by Gasteiger charge is 2.26. The van der Waals surface area contributed by atoms with Gasteiger partial charge in [0.05, 0.1) is 17.6 Å². The third-order valence-electron chi connectivity index (χ3n) is 4.27. The lowest BCUT2D eigenvalue weighted by Crippen LogP contribution is -2.15. The summed E-state index contributed by atoms with van der Waals surface area (Å²) in [5.41, 5.74) is 7.04. The van der Waals surface area contributed by atoms with E-state index >= 15 is 0 Å². The molecule has 0 aliphatic heterocycles. The van der Waals surface area contributed by atoms with Crippen LogP contribution in [0.4, 0.5) is 5.00 Å². The van der Waals surface area contributed by atoms with Crippen LogP contribution in [0.5, 0.6) is 0 Å². The van der Waals surface area contributed by atoms with Crippen molar-refractivity contribution in [3.05, 3.63) is 57.6 Å². The molecule has 3 aromatic rings. The number of benzene rings is 1. The Morgan fingerprint density at radius 1 is 1.31 bits per heavy atom. The van der Waals surface area contributed by atoms with Gasteiger partial charge in [-0.1, -0.05) is 18.2 Å². The van der Waals surface area contributed by atoms with Crippen LogP contribution in [-0.4, -0.2) is 29.9 Å². The third-order valence-corrected chi connectivity index (χ3v) is 5.50. The molecular weight excluding hydrogens is 392 g/mol. The molecule has 29 heavy (non-hydrogen) atoms. The van der Waals surface area contributed by atoms with Crippen LogP contribution < -0.4 is 11.1 Å². The number of fused-ring (bicyclic) bond motifs is 1. The number of aromatic nitrogens is 1. The van der Waals surface area contributed by atoms with Gasteiger partial charge in [-0.25, -0.2) is 4.79 Å². The molecule has 0 bridgehead atoms. The Morgan fingerprint density at radius 2 is 2.03 bits per heavy atom. The molecule has 4 N–H and O–H groups in total. The molecule has 0 aliphatic rings. The van der Waals surface area contributed by atoms with E-state index in [1.165, 1.54) is 20.1 Å². The summed E-state index contributed by atoms with van der Waals surface area (Å²) in [5.74, 6) is -2.17. The molecule has 0 saturated heterocycles. The van der Waals surface area contributed by atoms with E-state index < -0.39 is 17.8 Å². The number of esters is 1. The number of para-hydroxylation sites is 1. The van der Waals surface area contributed by atoms with Gasteiger partial charge in [0.1, 0.15) is 16.6 Å². The van der Waals surface area contributed by atoms with Crippen LogP contribution >= 0.6 is 11.3 Å². The number of nitrogens with zero attached hydrogens (tertiary/aromatic N) is 1. The number of nitriles is 1. The number of ether oxygens (including phenoxy) is 1. The topological polar surface area (TPSA) is 138 Å². The summed E-state index contributed by atoms with van der Waals surface area (Å²) in [5, 5.41) is 12.9. The van der Waals surface area contributed by atoms with Crippen LogP contribution in [0.25, 0.3) is 17.0 Å². The average molecular weight is 408 g/mol. The van der Waals surface area contributed by atoms with E-state index in [1.54, 1.807) is 6.20 Å². The van der Waals surface area contributed by atoms with E-state index in [2.05, 4.69) is 10.3 Å². The Labute approximate surface area is 169 Å². The van der Waals surface area contributed by atoms with Gasteiger partial charge in [0.15, 0.2) is 0 Å². The number of primary amides is 1. The average Bonchev–Trinajstić information content (AvgIpc) is 3.26. The lowest BCUT2D eigenvalue weighted by molar-refractivity contribution is -0.112. The number of H-pyrrole nitrogens is 1. The molecule has 0 fully saturated rings. The molecule has 1 aromatic carbocycles. The zero-order valence-corrected chi connectivity index (χ0v) is 16.3. The van der Waals surface area contributed by atoms with E-state index in [4.69, 9.17) is 10.5 Å². The van der Waals surface area contributed by atoms with Crippen molar-refractivity contribution in [1.29, 1.82) is 5.26 Å². The summed E-state index contributed by atoms with van der Waals surface area (Å²) in [6, 6.07) is 9.32. The zero-order valence-electron chi connectivity index (χ0n) is 15.5. The van der Waals surface area contributed by atoms with E-state index in [-0.39, 0.29) is 21.0 Å². The van der Waals surface area contributed by atoms with Crippen molar-refractivity contribution < 1.29 is 19.1 Å². The number of nitrogens with two attached hydrogens (primary N) is 1. The Balaban J connectivity index is 1.98. The van der Waals surface area contributed by atoms with Gasteiger partial charge in [0.2, 0.25) is 0 Å². The first-order valence-electron chi connectivity index (χ1n) is 8.38. The van der Waals surface area contributed by atoms with Crippen LogP contribution in [0.2, 0.25) is 0 Å². The zero-order chi connectivity index (χ0) is 21.1. The lowest BCUT2D eigenvalue weighted by atomic mass is 10.1. The molecule has 0 unspecified atom stereocenters. The van der Waals surface area contributed by atoms with Crippen molar-refractivity contribution in [3.8, 4) is 6.07 Å². The number of rotatable bonds is 5. The number of carbonyl (C=O) groups excluding carboxylic acids is 3. The number of amides is 2. The first-order valence-corrected chi connectivity index (χ1v) is 9.19. The third kappa shape index (κ3) is 3.74. The van der Waals surface area contributed by atoms with Crippen LogP contribution in [-0.2, 0) is 9.53 Å². The van der Waals surface area contributed by atoms with Crippen molar-refractivity contribution in [2.24, 2.45) is 5.73 Å². The van der Waals surface area contributed by atoms with Crippen LogP contribution in [0, 0.1) is 18.3 Å². The number of aromatic amines is 1. The van der Waals surface area contributed by atoms with Crippen molar-refractivity contribution in [1.82, 2.24) is 4.98 Å². The quantitative estimate of drug-likeness (QED) is 0.338. The highest BCUT2D eigenvalue weighted by molar-refractivity contribution is 7.18. The largest absolute Gasteiger partial charge is 0.465 e. The van der Waals surface area contributed by atoms with Crippen molar-refractivity contribution in [3.63, 3.8) is 0 Å². The summed E-state index contributed by atoms with van der Waals surface area (Å²) in [7, 11) is 1.19. The maximum absolute atomic E-state index is 12.7. The van der Waals surface area contributed by atoms with E-state index in [0.717, 1.165) is 22.2 Å². The molecule has 0 aliphatic carbocycles. The fourth-order valence-corrected chi connectivity index (χ4v) is 3.91. The van der Waals surface area contributed by atoms with Crippen molar-refractivity contribution >= 4 is 51.1 Å². The summed E-state index contributed by atoms with van der Waals surface area (Å²) in [6.07, 6.45) is 3.14. The minimum absolute atomic E-state index is 0.0315. The fraction of sp³-hybridized carbons (Fsp3) is 0.100. The van der Waals surface area contributed by atoms with E-state index in [0.29, 0.717) is 11.1 Å². The van der Waals surface area contributed by atoms with Crippen LogP contribution in [0.1, 0.15) is 31.2 Å². The van der Waals surface area contributed by atoms with Gasteiger partial charge >= 0.3 is 5.97 Å². The summed E-state index contributed by atoms with van der Waals surface area (Å²) in [4.78, 5) is 39.6. The van der Waals surface area contributed by atoms with Gasteiger partial charge < -0.3 is 20.8 Å². The lowest BCUT2D eigenvalue weighted by Gasteiger charge is -2.05. The highest BCUT2D eigenvalue weighted by Crippen LogP contribution is 2.34. The maximum atomic E-state index is 12.7. The predicted molar refractivity (Wildman–Crippen MR) is 109 cm³/mol. The number of anilines is 1. The SMILES string of the molecule is COC(=O)c1c(NC(=O)/C(C#N)=C/c2c[nH]c3ccccc23)sc(C(N)=O)c1C. The molecule has 0 spiro atoms. The molecule has 9 heteroatoms. The smallest absolute Gasteiger partial charge is 0.341 e. The van der Waals surface area contributed by atoms with Gasteiger partial charge in [0.25, 0.3) is 11.8 Å². The molecule has 8 nitrogen and oxygen atoms in total. The number of hydrogen-bond donors (Lipinski definition) is 3. The molecule has 2 heterocycles. The molecule has 2 aromatic heterocycles. The van der Waals surface area contributed by atoms with Gasteiger partial charge in [0, 0.05) is 22.7 Å². The Morgan fingerprint density at radius 3 is 2.69 bits per heavy atom. The Bertz CT molecular complexity index is 1210. The molecule has 146 valence electrons. The predicted octanol–water partition coefficient (Wildman–Crippen LogP) is 2.97. The molecular formula is C20H16N4O4S. The monoisotopic (exact) mass is 408 g/mol. The minimum atomic E-state index is -0.729. The second kappa shape index (κ2) is 8.00. The molecule has 0 saturated carbocycles. The second-order valence-electron chi connectivity index (χ2n) is 6.03. The second-order valence-corrected chi connectivity index (χ2v) is 7.05. The number of nitrogens with one attached hydrogen (secondary N) is 2. The van der Waals surface area contributed by atoms with Crippen LogP contribution in [0.3, 0.4) is 0 Å². The minimum Gasteiger partial charge on any atom is -0.465 e. The van der Waals surface area contributed by atoms with E-state index in [1.807, 2.05) is 30.3 Å².